The molecular weight excluding hydrogens is 361 g/mol. The minimum atomic E-state index is -0.0363. The summed E-state index contributed by atoms with van der Waals surface area (Å²) in [6, 6.07) is 5.41. The summed E-state index contributed by atoms with van der Waals surface area (Å²) in [5, 5.41) is 3.57. The van der Waals surface area contributed by atoms with Crippen LogP contribution >= 0.6 is 34.2 Å². The van der Waals surface area contributed by atoms with E-state index in [1.165, 1.54) is 23.7 Å². The first kappa shape index (κ1) is 15.8. The number of alkyl halides is 1. The molecule has 18 heavy (non-hydrogen) atoms. The van der Waals surface area contributed by atoms with E-state index in [0.717, 1.165) is 18.5 Å². The second kappa shape index (κ2) is 8.75. The van der Waals surface area contributed by atoms with E-state index in [-0.39, 0.29) is 5.91 Å². The van der Waals surface area contributed by atoms with Crippen molar-refractivity contribution in [2.45, 2.75) is 32.6 Å². The molecule has 1 N–H and O–H groups in total. The third kappa shape index (κ3) is 5.57. The average molecular weight is 380 g/mol. The maximum atomic E-state index is 11.8. The predicted molar refractivity (Wildman–Crippen MR) is 85.9 cm³/mol. The lowest BCUT2D eigenvalue weighted by Gasteiger charge is -2.06. The van der Waals surface area contributed by atoms with Crippen molar-refractivity contribution in [1.29, 1.82) is 0 Å². The van der Waals surface area contributed by atoms with Gasteiger partial charge in [-0.1, -0.05) is 53.1 Å². The molecule has 0 spiro atoms. The van der Waals surface area contributed by atoms with Gasteiger partial charge in [-0.05, 0) is 41.9 Å². The number of hydrogen-bond donors (Lipinski definition) is 1. The summed E-state index contributed by atoms with van der Waals surface area (Å²) < 4.78 is 1.21. The van der Waals surface area contributed by atoms with Gasteiger partial charge in [-0.2, -0.15) is 0 Å². The van der Waals surface area contributed by atoms with Gasteiger partial charge in [-0.3, -0.25) is 4.79 Å². The molecule has 0 aromatic heterocycles. The van der Waals surface area contributed by atoms with E-state index < -0.39 is 0 Å². The van der Waals surface area contributed by atoms with Crippen molar-refractivity contribution < 1.29 is 4.79 Å². The monoisotopic (exact) mass is 379 g/mol. The lowest BCUT2D eigenvalue weighted by atomic mass is 10.1. The van der Waals surface area contributed by atoms with E-state index in [4.69, 9.17) is 11.6 Å². The second-order valence-corrected chi connectivity index (χ2v) is 5.81. The zero-order valence-electron chi connectivity index (χ0n) is 10.6. The van der Waals surface area contributed by atoms with Gasteiger partial charge in [0.2, 0.25) is 0 Å². The Morgan fingerprint density at radius 1 is 1.28 bits per heavy atom. The Labute approximate surface area is 128 Å². The van der Waals surface area contributed by atoms with Gasteiger partial charge >= 0.3 is 0 Å². The van der Waals surface area contributed by atoms with E-state index in [9.17, 15) is 4.79 Å². The summed E-state index contributed by atoms with van der Waals surface area (Å²) in [4.78, 5) is 11.8. The van der Waals surface area contributed by atoms with E-state index >= 15 is 0 Å². The van der Waals surface area contributed by atoms with Gasteiger partial charge in [0, 0.05) is 17.1 Å². The molecule has 1 rings (SSSR count). The van der Waals surface area contributed by atoms with E-state index in [1.807, 2.05) is 19.1 Å². The summed E-state index contributed by atoms with van der Waals surface area (Å²) in [6.07, 6.45) is 4.73. The van der Waals surface area contributed by atoms with Crippen molar-refractivity contribution >= 4 is 40.1 Å². The number of carbonyl (C=O) groups is 1. The molecule has 0 aliphatic heterocycles. The number of benzene rings is 1. The van der Waals surface area contributed by atoms with Crippen LogP contribution in [0.4, 0.5) is 0 Å². The number of rotatable bonds is 7. The van der Waals surface area contributed by atoms with Gasteiger partial charge in [0.1, 0.15) is 0 Å². The van der Waals surface area contributed by atoms with Crippen LogP contribution in [0, 0.1) is 6.92 Å². The van der Waals surface area contributed by atoms with E-state index in [0.29, 0.717) is 10.6 Å². The maximum absolute atomic E-state index is 11.8. The van der Waals surface area contributed by atoms with Crippen LogP contribution in [0.1, 0.15) is 41.6 Å². The molecule has 1 amide bonds. The molecule has 0 bridgehead atoms. The molecule has 4 heteroatoms. The molecular formula is C14H19ClINO. The zero-order valence-corrected chi connectivity index (χ0v) is 13.6. The first-order valence-corrected chi connectivity index (χ1v) is 8.16. The highest BCUT2D eigenvalue weighted by Crippen LogP contribution is 2.16. The molecule has 0 aliphatic rings. The van der Waals surface area contributed by atoms with Gasteiger partial charge in [0.05, 0.1) is 0 Å². The lowest BCUT2D eigenvalue weighted by molar-refractivity contribution is 0.0953. The van der Waals surface area contributed by atoms with Crippen molar-refractivity contribution in [2.24, 2.45) is 0 Å². The largest absolute Gasteiger partial charge is 0.352 e. The van der Waals surface area contributed by atoms with Crippen molar-refractivity contribution in [3.63, 3.8) is 0 Å². The highest BCUT2D eigenvalue weighted by Gasteiger charge is 2.06. The van der Waals surface area contributed by atoms with Gasteiger partial charge in [-0.15, -0.1) is 0 Å². The van der Waals surface area contributed by atoms with Crippen LogP contribution in [-0.2, 0) is 0 Å². The summed E-state index contributed by atoms with van der Waals surface area (Å²) in [5.41, 5.74) is 1.63. The van der Waals surface area contributed by atoms with Crippen molar-refractivity contribution in [3.05, 3.63) is 34.3 Å². The van der Waals surface area contributed by atoms with Crippen molar-refractivity contribution in [3.8, 4) is 0 Å². The SMILES string of the molecule is Cc1ccc(C(=O)NCCCCCCI)cc1Cl. The van der Waals surface area contributed by atoms with Crippen LogP contribution in [-0.4, -0.2) is 16.9 Å². The number of unbranched alkanes of at least 4 members (excludes halogenated alkanes) is 3. The Bertz CT molecular complexity index is 395. The fourth-order valence-electron chi connectivity index (χ4n) is 1.61. The molecule has 0 saturated carbocycles. The third-order valence-corrected chi connectivity index (χ3v) is 3.95. The van der Waals surface area contributed by atoms with Crippen molar-refractivity contribution in [2.75, 3.05) is 11.0 Å². The zero-order chi connectivity index (χ0) is 13.4. The number of nitrogens with one attached hydrogen (secondary N) is 1. The fraction of sp³-hybridized carbons (Fsp3) is 0.500. The molecule has 100 valence electrons. The molecule has 0 saturated heterocycles. The third-order valence-electron chi connectivity index (χ3n) is 2.78. The first-order chi connectivity index (χ1) is 8.65. The Kier molecular flexibility index (Phi) is 7.66. The molecule has 0 radical (unpaired) electrons. The summed E-state index contributed by atoms with van der Waals surface area (Å²) >= 11 is 8.39. The molecule has 0 heterocycles. The quantitative estimate of drug-likeness (QED) is 0.425. The number of amides is 1. The van der Waals surface area contributed by atoms with Gasteiger partial charge in [-0.25, -0.2) is 0 Å². The topological polar surface area (TPSA) is 29.1 Å². The smallest absolute Gasteiger partial charge is 0.251 e. The average Bonchev–Trinajstić information content (AvgIpc) is 2.36. The Morgan fingerprint density at radius 2 is 2.00 bits per heavy atom. The van der Waals surface area contributed by atoms with Crippen LogP contribution in [0.2, 0.25) is 5.02 Å². The van der Waals surface area contributed by atoms with E-state index in [2.05, 4.69) is 27.9 Å². The normalized spacial score (nSPS) is 10.4. The summed E-state index contributed by atoms with van der Waals surface area (Å²) in [5.74, 6) is -0.0363. The molecule has 0 unspecified atom stereocenters. The number of halogens is 2. The highest BCUT2D eigenvalue weighted by atomic mass is 127. The summed E-state index contributed by atoms with van der Waals surface area (Å²) in [7, 11) is 0. The van der Waals surface area contributed by atoms with Crippen LogP contribution in [0.15, 0.2) is 18.2 Å². The fourth-order valence-corrected chi connectivity index (χ4v) is 2.33. The van der Waals surface area contributed by atoms with Crippen LogP contribution < -0.4 is 5.32 Å². The number of aryl methyl sites for hydroxylation is 1. The maximum Gasteiger partial charge on any atom is 0.251 e. The van der Waals surface area contributed by atoms with Gasteiger partial charge in [0.25, 0.3) is 5.91 Å². The Balaban J connectivity index is 2.30. The second-order valence-electron chi connectivity index (χ2n) is 4.32. The lowest BCUT2D eigenvalue weighted by Crippen LogP contribution is -2.24. The summed E-state index contributed by atoms with van der Waals surface area (Å²) in [6.45, 7) is 2.67. The molecule has 1 aromatic carbocycles. The molecule has 0 aliphatic carbocycles. The van der Waals surface area contributed by atoms with Gasteiger partial charge < -0.3 is 5.32 Å². The Hall–Kier alpha value is -0.290. The van der Waals surface area contributed by atoms with Crippen molar-refractivity contribution in [1.82, 2.24) is 5.32 Å². The molecule has 0 fully saturated rings. The Morgan fingerprint density at radius 3 is 2.67 bits per heavy atom. The highest BCUT2D eigenvalue weighted by molar-refractivity contribution is 14.1. The predicted octanol–water partition coefficient (Wildman–Crippen LogP) is 4.37. The number of carbonyl (C=O) groups excluding carboxylic acids is 1. The van der Waals surface area contributed by atoms with Crippen LogP contribution in [0.25, 0.3) is 0 Å². The first-order valence-electron chi connectivity index (χ1n) is 6.25. The van der Waals surface area contributed by atoms with Gasteiger partial charge in [0.15, 0.2) is 0 Å². The minimum absolute atomic E-state index is 0.0363. The minimum Gasteiger partial charge on any atom is -0.352 e. The molecule has 0 atom stereocenters. The van der Waals surface area contributed by atoms with E-state index in [1.54, 1.807) is 6.07 Å². The van der Waals surface area contributed by atoms with Crippen LogP contribution in [0.5, 0.6) is 0 Å². The standard InChI is InChI=1S/C14H19ClINO/c1-11-6-7-12(10-13(11)15)14(18)17-9-5-3-2-4-8-16/h6-7,10H,2-5,8-9H2,1H3,(H,17,18). The molecule has 1 aromatic rings. The molecule has 2 nitrogen and oxygen atoms in total. The van der Waals surface area contributed by atoms with Crippen LogP contribution in [0.3, 0.4) is 0 Å². The number of hydrogen-bond acceptors (Lipinski definition) is 1.